The zero-order chi connectivity index (χ0) is 15.6. The number of carbonyl (C=O) groups excluding carboxylic acids is 1. The quantitative estimate of drug-likeness (QED) is 0.813. The van der Waals surface area contributed by atoms with Gasteiger partial charge in [0.05, 0.1) is 12.0 Å². The first-order chi connectivity index (χ1) is 10.6. The molecule has 2 aromatic rings. The average molecular weight is 300 g/mol. The highest BCUT2D eigenvalue weighted by Crippen LogP contribution is 2.27. The number of H-pyrrole nitrogens is 1. The Labute approximate surface area is 130 Å². The molecule has 0 saturated heterocycles. The third-order valence-electron chi connectivity index (χ3n) is 4.76. The van der Waals surface area contributed by atoms with E-state index in [1.54, 1.807) is 0 Å². The Bertz CT molecular complexity index is 669. The smallest absolute Gasteiger partial charge is 0.224 e. The van der Waals surface area contributed by atoms with Crippen molar-refractivity contribution < 1.29 is 9.90 Å². The van der Waals surface area contributed by atoms with Crippen molar-refractivity contribution in [2.45, 2.75) is 51.0 Å². The Morgan fingerprint density at radius 3 is 2.77 bits per heavy atom. The number of nitrogens with one attached hydrogen (secondary N) is 2. The summed E-state index contributed by atoms with van der Waals surface area (Å²) in [6, 6.07) is 8.03. The number of aliphatic hydroxyl groups is 1. The molecule has 1 aromatic carbocycles. The Kier molecular flexibility index (Phi) is 4.21. The van der Waals surface area contributed by atoms with Crippen molar-refractivity contribution in [3.05, 3.63) is 35.5 Å². The number of aromatic amines is 1. The fraction of sp³-hybridized carbons (Fsp3) is 0.500. The van der Waals surface area contributed by atoms with Crippen LogP contribution in [0.2, 0.25) is 0 Å². The fourth-order valence-electron chi connectivity index (χ4n) is 3.44. The molecule has 0 bridgehead atoms. The molecule has 1 amide bonds. The lowest BCUT2D eigenvalue weighted by Gasteiger charge is -2.32. The first-order valence-corrected chi connectivity index (χ1v) is 8.13. The standard InChI is InChI=1S/C18H24N2O2/c1-13-15(14-7-3-4-8-16(14)20-13)11-17(21)19-12-18(22)9-5-2-6-10-18/h3-4,7-8,20,22H,2,5-6,9-12H2,1H3,(H,19,21). The van der Waals surface area contributed by atoms with Crippen molar-refractivity contribution in [3.8, 4) is 0 Å². The zero-order valence-electron chi connectivity index (χ0n) is 13.1. The van der Waals surface area contributed by atoms with Gasteiger partial charge in [0.1, 0.15) is 0 Å². The summed E-state index contributed by atoms with van der Waals surface area (Å²) in [5, 5.41) is 14.5. The summed E-state index contributed by atoms with van der Waals surface area (Å²) in [4.78, 5) is 15.6. The second-order valence-corrected chi connectivity index (χ2v) is 6.51. The van der Waals surface area contributed by atoms with Gasteiger partial charge in [-0.15, -0.1) is 0 Å². The van der Waals surface area contributed by atoms with E-state index in [1.165, 1.54) is 6.42 Å². The second kappa shape index (κ2) is 6.13. The topological polar surface area (TPSA) is 65.1 Å². The molecule has 1 fully saturated rings. The summed E-state index contributed by atoms with van der Waals surface area (Å²) in [7, 11) is 0. The highest BCUT2D eigenvalue weighted by atomic mass is 16.3. The van der Waals surface area contributed by atoms with E-state index in [4.69, 9.17) is 0 Å². The fourth-order valence-corrected chi connectivity index (χ4v) is 3.44. The summed E-state index contributed by atoms with van der Waals surface area (Å²) in [5.74, 6) is -0.0214. The predicted molar refractivity (Wildman–Crippen MR) is 87.8 cm³/mol. The maximum Gasteiger partial charge on any atom is 0.224 e. The largest absolute Gasteiger partial charge is 0.388 e. The normalized spacial score (nSPS) is 17.5. The summed E-state index contributed by atoms with van der Waals surface area (Å²) < 4.78 is 0. The molecular weight excluding hydrogens is 276 g/mol. The number of amides is 1. The number of aryl methyl sites for hydroxylation is 1. The average Bonchev–Trinajstić information content (AvgIpc) is 2.82. The van der Waals surface area contributed by atoms with Gasteiger partial charge in [-0.1, -0.05) is 37.5 Å². The minimum atomic E-state index is -0.705. The first kappa shape index (κ1) is 15.1. The molecule has 1 aromatic heterocycles. The van der Waals surface area contributed by atoms with Crippen molar-refractivity contribution in [2.75, 3.05) is 6.54 Å². The lowest BCUT2D eigenvalue weighted by Crippen LogP contribution is -2.44. The van der Waals surface area contributed by atoms with E-state index in [9.17, 15) is 9.90 Å². The number of hydrogen-bond acceptors (Lipinski definition) is 2. The van der Waals surface area contributed by atoms with Gasteiger partial charge in [-0.05, 0) is 31.4 Å². The minimum absolute atomic E-state index is 0.0214. The highest BCUT2D eigenvalue weighted by molar-refractivity contribution is 5.90. The molecule has 0 unspecified atom stereocenters. The molecule has 22 heavy (non-hydrogen) atoms. The molecule has 0 radical (unpaired) electrons. The van der Waals surface area contributed by atoms with E-state index in [-0.39, 0.29) is 5.91 Å². The molecule has 118 valence electrons. The van der Waals surface area contributed by atoms with Gasteiger partial charge < -0.3 is 15.4 Å². The van der Waals surface area contributed by atoms with E-state index in [2.05, 4.69) is 10.3 Å². The third kappa shape index (κ3) is 3.17. The summed E-state index contributed by atoms with van der Waals surface area (Å²) in [5.41, 5.74) is 2.44. The number of fused-ring (bicyclic) bond motifs is 1. The van der Waals surface area contributed by atoms with E-state index in [0.717, 1.165) is 47.8 Å². The number of benzene rings is 1. The molecule has 3 N–H and O–H groups in total. The first-order valence-electron chi connectivity index (χ1n) is 8.13. The van der Waals surface area contributed by atoms with Gasteiger partial charge in [0.25, 0.3) is 0 Å². The van der Waals surface area contributed by atoms with Gasteiger partial charge in [0, 0.05) is 23.1 Å². The van der Waals surface area contributed by atoms with E-state index in [1.807, 2.05) is 31.2 Å². The Morgan fingerprint density at radius 1 is 1.27 bits per heavy atom. The van der Waals surface area contributed by atoms with Crippen molar-refractivity contribution in [2.24, 2.45) is 0 Å². The van der Waals surface area contributed by atoms with Crippen LogP contribution in [0.3, 0.4) is 0 Å². The molecular formula is C18H24N2O2. The number of rotatable bonds is 4. The van der Waals surface area contributed by atoms with Gasteiger partial charge >= 0.3 is 0 Å². The molecule has 4 heteroatoms. The Hall–Kier alpha value is -1.81. The molecule has 1 aliphatic rings. The maximum absolute atomic E-state index is 12.3. The number of para-hydroxylation sites is 1. The molecule has 0 atom stereocenters. The van der Waals surface area contributed by atoms with E-state index in [0.29, 0.717) is 13.0 Å². The second-order valence-electron chi connectivity index (χ2n) is 6.51. The van der Waals surface area contributed by atoms with Crippen molar-refractivity contribution in [1.82, 2.24) is 10.3 Å². The van der Waals surface area contributed by atoms with E-state index >= 15 is 0 Å². The van der Waals surface area contributed by atoms with Crippen LogP contribution in [0.15, 0.2) is 24.3 Å². The van der Waals surface area contributed by atoms with Crippen LogP contribution in [-0.2, 0) is 11.2 Å². The molecule has 1 saturated carbocycles. The summed E-state index contributed by atoms with van der Waals surface area (Å²) >= 11 is 0. The lowest BCUT2D eigenvalue weighted by atomic mass is 9.85. The van der Waals surface area contributed by atoms with Gasteiger partial charge in [-0.25, -0.2) is 0 Å². The molecule has 1 heterocycles. The van der Waals surface area contributed by atoms with Gasteiger partial charge in [-0.3, -0.25) is 4.79 Å². The van der Waals surface area contributed by atoms with Crippen LogP contribution in [0.5, 0.6) is 0 Å². The van der Waals surface area contributed by atoms with Crippen LogP contribution < -0.4 is 5.32 Å². The van der Waals surface area contributed by atoms with Gasteiger partial charge in [0.15, 0.2) is 0 Å². The van der Waals surface area contributed by atoms with Gasteiger partial charge in [0.2, 0.25) is 5.91 Å². The van der Waals surface area contributed by atoms with Crippen molar-refractivity contribution in [1.29, 1.82) is 0 Å². The van der Waals surface area contributed by atoms with Crippen LogP contribution in [0.25, 0.3) is 10.9 Å². The number of aromatic nitrogens is 1. The van der Waals surface area contributed by atoms with Crippen LogP contribution in [0, 0.1) is 6.92 Å². The SMILES string of the molecule is Cc1[nH]c2ccccc2c1CC(=O)NCC1(O)CCCCC1. The molecule has 0 spiro atoms. The van der Waals surface area contributed by atoms with Crippen molar-refractivity contribution >= 4 is 16.8 Å². The number of hydrogen-bond donors (Lipinski definition) is 3. The molecule has 3 rings (SSSR count). The molecule has 0 aliphatic heterocycles. The highest BCUT2D eigenvalue weighted by Gasteiger charge is 2.29. The predicted octanol–water partition coefficient (Wildman–Crippen LogP) is 2.83. The molecule has 4 nitrogen and oxygen atoms in total. The summed E-state index contributed by atoms with van der Waals surface area (Å²) in [6.45, 7) is 2.37. The van der Waals surface area contributed by atoms with Crippen molar-refractivity contribution in [3.63, 3.8) is 0 Å². The van der Waals surface area contributed by atoms with Crippen LogP contribution in [0.4, 0.5) is 0 Å². The van der Waals surface area contributed by atoms with Crippen LogP contribution >= 0.6 is 0 Å². The Balaban J connectivity index is 1.65. The summed E-state index contributed by atoms with van der Waals surface area (Å²) in [6.07, 6.45) is 5.22. The minimum Gasteiger partial charge on any atom is -0.388 e. The third-order valence-corrected chi connectivity index (χ3v) is 4.76. The zero-order valence-corrected chi connectivity index (χ0v) is 13.1. The monoisotopic (exact) mass is 300 g/mol. The van der Waals surface area contributed by atoms with Gasteiger partial charge in [-0.2, -0.15) is 0 Å². The Morgan fingerprint density at radius 2 is 2.00 bits per heavy atom. The maximum atomic E-state index is 12.3. The van der Waals surface area contributed by atoms with Crippen LogP contribution in [-0.4, -0.2) is 28.1 Å². The van der Waals surface area contributed by atoms with Crippen LogP contribution in [0.1, 0.15) is 43.4 Å². The number of carbonyl (C=O) groups is 1. The molecule has 1 aliphatic carbocycles. The van der Waals surface area contributed by atoms with E-state index < -0.39 is 5.60 Å². The lowest BCUT2D eigenvalue weighted by molar-refractivity contribution is -0.122.